The Morgan fingerprint density at radius 1 is 0.861 bits per heavy atom. The summed E-state index contributed by atoms with van der Waals surface area (Å²) in [5, 5.41) is 17.9. The number of nitrogens with one attached hydrogen (secondary N) is 2. The lowest BCUT2D eigenvalue weighted by atomic mass is 10.1. The fourth-order valence-electron chi connectivity index (χ4n) is 4.09. The van der Waals surface area contributed by atoms with Crippen molar-refractivity contribution in [3.8, 4) is 17.1 Å². The van der Waals surface area contributed by atoms with Gasteiger partial charge in [0.15, 0.2) is 0 Å². The maximum absolute atomic E-state index is 9.04. The van der Waals surface area contributed by atoms with Gasteiger partial charge in [0.05, 0.1) is 46.6 Å². The smallest absolute Gasteiger partial charge is 0.0900 e. The van der Waals surface area contributed by atoms with Crippen molar-refractivity contribution in [1.29, 1.82) is 0 Å². The van der Waals surface area contributed by atoms with Crippen molar-refractivity contribution < 1.29 is 5.11 Å². The van der Waals surface area contributed by atoms with E-state index < -0.39 is 0 Å². The number of anilines is 2. The molecular formula is C28H25Cl2N5O. The van der Waals surface area contributed by atoms with Gasteiger partial charge >= 0.3 is 0 Å². The summed E-state index contributed by atoms with van der Waals surface area (Å²) >= 11 is 12.3. The molecule has 2 aliphatic rings. The Hall–Kier alpha value is -3.42. The Labute approximate surface area is 219 Å². The van der Waals surface area contributed by atoms with E-state index in [2.05, 4.69) is 27.3 Å². The summed E-state index contributed by atoms with van der Waals surface area (Å²) in [6.45, 7) is 1.85. The van der Waals surface area contributed by atoms with Crippen LogP contribution in [0.4, 0.5) is 11.4 Å². The topological polar surface area (TPSA) is 74.5 Å². The van der Waals surface area contributed by atoms with Crippen LogP contribution in [0.5, 0.6) is 0 Å². The number of aliphatic hydroxyl groups excluding tert-OH is 1. The molecule has 0 unspecified atom stereocenters. The van der Waals surface area contributed by atoms with E-state index in [0.717, 1.165) is 44.8 Å². The molecule has 3 aromatic carbocycles. The minimum Gasteiger partial charge on any atom is -0.395 e. The number of halogens is 2. The predicted octanol–water partition coefficient (Wildman–Crippen LogP) is 5.66. The van der Waals surface area contributed by atoms with Crippen LogP contribution in [0.15, 0.2) is 89.9 Å². The minimum atomic E-state index is 0.0964. The van der Waals surface area contributed by atoms with E-state index >= 15 is 0 Å². The second-order valence-electron chi connectivity index (χ2n) is 8.26. The van der Waals surface area contributed by atoms with Crippen LogP contribution in [0.3, 0.4) is 0 Å². The fourth-order valence-corrected chi connectivity index (χ4v) is 4.34. The van der Waals surface area contributed by atoms with E-state index in [-0.39, 0.29) is 6.61 Å². The number of hydrogen-bond acceptors (Lipinski definition) is 5. The molecule has 0 atom stereocenters. The SMILES string of the molecule is OCCNCCN=c1cc2n(-c3ccc(Cl)cc3)c3ccccc3nc-2cc1Nc1ccc(Cl)cc1. The van der Waals surface area contributed by atoms with Gasteiger partial charge < -0.3 is 20.3 Å². The summed E-state index contributed by atoms with van der Waals surface area (Å²) < 4.78 is 2.18. The van der Waals surface area contributed by atoms with Crippen LogP contribution in [0.1, 0.15) is 0 Å². The Morgan fingerprint density at radius 3 is 2.33 bits per heavy atom. The van der Waals surface area contributed by atoms with Gasteiger partial charge in [-0.15, -0.1) is 0 Å². The molecule has 8 heteroatoms. The number of rotatable bonds is 8. The van der Waals surface area contributed by atoms with E-state index in [1.54, 1.807) is 0 Å². The second kappa shape index (κ2) is 11.1. The third kappa shape index (κ3) is 5.37. The molecule has 36 heavy (non-hydrogen) atoms. The van der Waals surface area contributed by atoms with Gasteiger partial charge in [0.25, 0.3) is 0 Å². The highest BCUT2D eigenvalue weighted by Crippen LogP contribution is 2.31. The van der Waals surface area contributed by atoms with Gasteiger partial charge in [-0.1, -0.05) is 35.3 Å². The van der Waals surface area contributed by atoms with Gasteiger partial charge in [-0.3, -0.25) is 4.99 Å². The number of aliphatic hydroxyl groups is 1. The van der Waals surface area contributed by atoms with Gasteiger partial charge in [-0.2, -0.15) is 0 Å². The van der Waals surface area contributed by atoms with Crippen LogP contribution in [0, 0.1) is 0 Å². The summed E-state index contributed by atoms with van der Waals surface area (Å²) in [7, 11) is 0. The average molecular weight is 518 g/mol. The van der Waals surface area contributed by atoms with Gasteiger partial charge in [0, 0.05) is 34.5 Å². The Balaban J connectivity index is 1.70. The van der Waals surface area contributed by atoms with Crippen molar-refractivity contribution >= 4 is 45.6 Å². The molecule has 0 amide bonds. The first-order valence-corrected chi connectivity index (χ1v) is 12.4. The van der Waals surface area contributed by atoms with Crippen LogP contribution in [0.25, 0.3) is 28.1 Å². The van der Waals surface area contributed by atoms with Gasteiger partial charge in [0.2, 0.25) is 0 Å². The molecule has 0 radical (unpaired) electrons. The standard InChI is InChI=1S/C28H25Cl2N5O/c29-19-5-9-21(10-6-19)33-25-17-26-28(18-24(25)32-14-13-31-15-16-36)35(22-11-7-20(30)8-12-22)27-4-2-1-3-23(27)34-26/h1-12,17-18,31,33,36H,13-16H2. The van der Waals surface area contributed by atoms with E-state index in [9.17, 15) is 0 Å². The number of hydrogen-bond donors (Lipinski definition) is 3. The zero-order chi connectivity index (χ0) is 24.9. The maximum atomic E-state index is 9.04. The van der Waals surface area contributed by atoms with E-state index in [1.807, 2.05) is 72.8 Å². The lowest BCUT2D eigenvalue weighted by Crippen LogP contribution is -2.22. The lowest BCUT2D eigenvalue weighted by Gasteiger charge is -2.20. The number of para-hydroxylation sites is 2. The quantitative estimate of drug-likeness (QED) is 0.183. The van der Waals surface area contributed by atoms with Crippen molar-refractivity contribution in [2.75, 3.05) is 31.6 Å². The van der Waals surface area contributed by atoms with Gasteiger partial charge in [-0.25, -0.2) is 4.98 Å². The van der Waals surface area contributed by atoms with Crippen molar-refractivity contribution in [2.45, 2.75) is 0 Å². The van der Waals surface area contributed by atoms with Gasteiger partial charge in [-0.05, 0) is 72.8 Å². The van der Waals surface area contributed by atoms with E-state index in [1.165, 1.54) is 0 Å². The molecule has 5 rings (SSSR count). The lowest BCUT2D eigenvalue weighted by molar-refractivity contribution is 0.293. The molecular weight excluding hydrogens is 493 g/mol. The molecule has 1 aliphatic carbocycles. The molecule has 3 N–H and O–H groups in total. The third-order valence-electron chi connectivity index (χ3n) is 5.76. The highest BCUT2D eigenvalue weighted by Gasteiger charge is 2.16. The third-order valence-corrected chi connectivity index (χ3v) is 6.27. The van der Waals surface area contributed by atoms with Crippen LogP contribution in [0.2, 0.25) is 10.0 Å². The molecule has 0 saturated heterocycles. The monoisotopic (exact) mass is 517 g/mol. The number of nitrogens with zero attached hydrogens (tertiary/aromatic N) is 3. The molecule has 1 aliphatic heterocycles. The first-order chi connectivity index (χ1) is 17.6. The molecule has 0 aromatic heterocycles. The highest BCUT2D eigenvalue weighted by atomic mass is 35.5. The fraction of sp³-hybridized carbons (Fsp3) is 0.143. The zero-order valence-corrected chi connectivity index (χ0v) is 21.0. The molecule has 0 spiro atoms. The van der Waals surface area contributed by atoms with Crippen molar-refractivity contribution in [2.24, 2.45) is 4.99 Å². The van der Waals surface area contributed by atoms with Crippen LogP contribution in [-0.2, 0) is 0 Å². The van der Waals surface area contributed by atoms with Gasteiger partial charge in [0.1, 0.15) is 0 Å². The Kier molecular flexibility index (Phi) is 7.49. The maximum Gasteiger partial charge on any atom is 0.0900 e. The Bertz CT molecular complexity index is 1510. The molecule has 6 nitrogen and oxygen atoms in total. The first-order valence-electron chi connectivity index (χ1n) is 11.7. The summed E-state index contributed by atoms with van der Waals surface area (Å²) in [6, 6.07) is 27.5. The molecule has 0 fully saturated rings. The summed E-state index contributed by atoms with van der Waals surface area (Å²) in [5.41, 5.74) is 6.36. The average Bonchev–Trinajstić information content (AvgIpc) is 2.89. The van der Waals surface area contributed by atoms with Crippen molar-refractivity contribution in [3.63, 3.8) is 0 Å². The molecule has 182 valence electrons. The van der Waals surface area contributed by atoms with Crippen LogP contribution < -0.4 is 16.0 Å². The minimum absolute atomic E-state index is 0.0964. The van der Waals surface area contributed by atoms with Crippen LogP contribution >= 0.6 is 23.2 Å². The summed E-state index contributed by atoms with van der Waals surface area (Å²) in [6.07, 6.45) is 0. The normalized spacial score (nSPS) is 11.9. The molecule has 0 saturated carbocycles. The van der Waals surface area contributed by atoms with Crippen molar-refractivity contribution in [3.05, 3.63) is 100 Å². The highest BCUT2D eigenvalue weighted by molar-refractivity contribution is 6.30. The summed E-state index contributed by atoms with van der Waals surface area (Å²) in [5.74, 6) is 0. The first kappa shape index (κ1) is 24.3. The number of fused-ring (bicyclic) bond motifs is 2. The largest absolute Gasteiger partial charge is 0.395 e. The molecule has 1 heterocycles. The van der Waals surface area contributed by atoms with Crippen molar-refractivity contribution in [1.82, 2.24) is 14.9 Å². The second-order valence-corrected chi connectivity index (χ2v) is 9.13. The predicted molar refractivity (Wildman–Crippen MR) is 148 cm³/mol. The van der Waals surface area contributed by atoms with Crippen LogP contribution in [-0.4, -0.2) is 40.9 Å². The van der Waals surface area contributed by atoms with E-state index in [0.29, 0.717) is 29.7 Å². The Morgan fingerprint density at radius 2 is 1.58 bits per heavy atom. The number of aromatic nitrogens is 2. The molecule has 3 aromatic rings. The van der Waals surface area contributed by atoms with E-state index in [4.69, 9.17) is 38.3 Å². The number of benzene rings is 4. The summed E-state index contributed by atoms with van der Waals surface area (Å²) in [4.78, 5) is 9.85. The molecule has 0 bridgehead atoms. The zero-order valence-electron chi connectivity index (χ0n) is 19.5.